The molecule has 0 aliphatic carbocycles. The molecule has 1 heterocycles. The largest absolute Gasteiger partial charge is 0.330 e. The van der Waals surface area contributed by atoms with E-state index in [-0.39, 0.29) is 30.1 Å². The van der Waals surface area contributed by atoms with Gasteiger partial charge in [0.15, 0.2) is 0 Å². The highest BCUT2D eigenvalue weighted by Crippen LogP contribution is 2.28. The second kappa shape index (κ2) is 8.83. The molecule has 5 nitrogen and oxygen atoms in total. The zero-order chi connectivity index (χ0) is 17.8. The fourth-order valence-corrected chi connectivity index (χ4v) is 2.95. The van der Waals surface area contributed by atoms with Crippen LogP contribution in [0.2, 0.25) is 0 Å². The standard InChI is InChI=1S/C20H23N3O2.ClH/c1-14(13-21)20(25)22-17-8-6-15(7-9-17)12-19(24)23-11-10-16-4-2-3-5-18(16)23;/h2-9,14H,10-13,21H2,1H3,(H,22,25);1H. The van der Waals surface area contributed by atoms with Crippen LogP contribution in [0.4, 0.5) is 11.4 Å². The Morgan fingerprint density at radius 1 is 1.15 bits per heavy atom. The summed E-state index contributed by atoms with van der Waals surface area (Å²) in [5.41, 5.74) is 9.39. The summed E-state index contributed by atoms with van der Waals surface area (Å²) in [6, 6.07) is 15.4. The molecule has 0 radical (unpaired) electrons. The number of hydrogen-bond donors (Lipinski definition) is 2. The van der Waals surface area contributed by atoms with E-state index >= 15 is 0 Å². The highest BCUT2D eigenvalue weighted by molar-refractivity contribution is 5.97. The molecule has 1 atom stereocenters. The summed E-state index contributed by atoms with van der Waals surface area (Å²) in [5.74, 6) is -0.227. The molecule has 0 bridgehead atoms. The molecule has 6 heteroatoms. The molecular formula is C20H24ClN3O2. The predicted octanol–water partition coefficient (Wildman–Crippen LogP) is 2.77. The summed E-state index contributed by atoms with van der Waals surface area (Å²) in [5, 5.41) is 2.83. The van der Waals surface area contributed by atoms with Crippen molar-refractivity contribution >= 4 is 35.6 Å². The van der Waals surface area contributed by atoms with Crippen molar-refractivity contribution in [3.63, 3.8) is 0 Å². The van der Waals surface area contributed by atoms with E-state index in [0.29, 0.717) is 18.7 Å². The van der Waals surface area contributed by atoms with Gasteiger partial charge < -0.3 is 16.0 Å². The van der Waals surface area contributed by atoms with Crippen molar-refractivity contribution in [2.24, 2.45) is 11.7 Å². The summed E-state index contributed by atoms with van der Waals surface area (Å²) >= 11 is 0. The lowest BCUT2D eigenvalue weighted by molar-refractivity contribution is -0.119. The van der Waals surface area contributed by atoms with Crippen molar-refractivity contribution in [2.45, 2.75) is 19.8 Å². The number of benzene rings is 2. The van der Waals surface area contributed by atoms with Gasteiger partial charge in [-0.05, 0) is 35.7 Å². The first kappa shape index (κ1) is 19.9. The van der Waals surface area contributed by atoms with Gasteiger partial charge in [-0.25, -0.2) is 0 Å². The molecule has 0 saturated carbocycles. The molecule has 1 aliphatic heterocycles. The Balaban J connectivity index is 0.00000243. The van der Waals surface area contributed by atoms with Gasteiger partial charge in [0.25, 0.3) is 0 Å². The lowest BCUT2D eigenvalue weighted by atomic mass is 10.1. The van der Waals surface area contributed by atoms with Gasteiger partial charge in [0.05, 0.1) is 6.42 Å². The second-order valence-corrected chi connectivity index (χ2v) is 6.42. The zero-order valence-electron chi connectivity index (χ0n) is 14.8. The zero-order valence-corrected chi connectivity index (χ0v) is 15.6. The summed E-state index contributed by atoms with van der Waals surface area (Å²) in [6.07, 6.45) is 1.26. The Morgan fingerprint density at radius 3 is 2.54 bits per heavy atom. The lowest BCUT2D eigenvalue weighted by Gasteiger charge is -2.17. The van der Waals surface area contributed by atoms with Gasteiger partial charge in [-0.2, -0.15) is 0 Å². The normalized spacial score (nSPS) is 13.5. The number of hydrogen-bond acceptors (Lipinski definition) is 3. The molecular weight excluding hydrogens is 350 g/mol. The van der Waals surface area contributed by atoms with Crippen molar-refractivity contribution in [1.82, 2.24) is 0 Å². The number of nitrogens with one attached hydrogen (secondary N) is 1. The third-order valence-corrected chi connectivity index (χ3v) is 4.57. The number of rotatable bonds is 5. The van der Waals surface area contributed by atoms with Crippen LogP contribution in [0.15, 0.2) is 48.5 Å². The molecule has 0 aromatic heterocycles. The Morgan fingerprint density at radius 2 is 1.85 bits per heavy atom. The van der Waals surface area contributed by atoms with E-state index in [4.69, 9.17) is 5.73 Å². The number of carbonyl (C=O) groups is 2. The van der Waals surface area contributed by atoms with E-state index < -0.39 is 0 Å². The van der Waals surface area contributed by atoms with Crippen LogP contribution in [0.1, 0.15) is 18.1 Å². The molecule has 0 saturated heterocycles. The minimum absolute atomic E-state index is 0. The first-order chi connectivity index (χ1) is 12.1. The average Bonchev–Trinajstić information content (AvgIpc) is 3.06. The molecule has 138 valence electrons. The first-order valence-corrected chi connectivity index (χ1v) is 8.56. The maximum absolute atomic E-state index is 12.6. The van der Waals surface area contributed by atoms with E-state index in [1.54, 1.807) is 6.92 Å². The highest BCUT2D eigenvalue weighted by Gasteiger charge is 2.23. The van der Waals surface area contributed by atoms with Crippen molar-refractivity contribution in [3.8, 4) is 0 Å². The molecule has 3 rings (SSSR count). The number of nitrogens with zero attached hydrogens (tertiary/aromatic N) is 1. The van der Waals surface area contributed by atoms with E-state index in [1.165, 1.54) is 5.56 Å². The topological polar surface area (TPSA) is 75.4 Å². The second-order valence-electron chi connectivity index (χ2n) is 6.42. The van der Waals surface area contributed by atoms with Crippen LogP contribution in [0.5, 0.6) is 0 Å². The lowest BCUT2D eigenvalue weighted by Crippen LogP contribution is -2.30. The van der Waals surface area contributed by atoms with Gasteiger partial charge in [-0.1, -0.05) is 37.3 Å². The predicted molar refractivity (Wildman–Crippen MR) is 107 cm³/mol. The summed E-state index contributed by atoms with van der Waals surface area (Å²) in [7, 11) is 0. The van der Waals surface area contributed by atoms with Crippen molar-refractivity contribution in [1.29, 1.82) is 0 Å². The molecule has 2 aromatic rings. The fourth-order valence-electron chi connectivity index (χ4n) is 2.95. The molecule has 2 aromatic carbocycles. The van der Waals surface area contributed by atoms with Crippen molar-refractivity contribution in [2.75, 3.05) is 23.3 Å². The summed E-state index contributed by atoms with van der Waals surface area (Å²) < 4.78 is 0. The number of para-hydroxylation sites is 1. The van der Waals surface area contributed by atoms with Gasteiger partial charge >= 0.3 is 0 Å². The third kappa shape index (κ3) is 4.42. The minimum atomic E-state index is -0.225. The van der Waals surface area contributed by atoms with E-state index in [0.717, 1.165) is 24.2 Å². The van der Waals surface area contributed by atoms with E-state index in [1.807, 2.05) is 47.4 Å². The van der Waals surface area contributed by atoms with Crippen LogP contribution < -0.4 is 16.0 Å². The van der Waals surface area contributed by atoms with Crippen molar-refractivity contribution < 1.29 is 9.59 Å². The van der Waals surface area contributed by atoms with Gasteiger partial charge in [-0.3, -0.25) is 9.59 Å². The molecule has 1 aliphatic rings. The number of fused-ring (bicyclic) bond motifs is 1. The maximum Gasteiger partial charge on any atom is 0.231 e. The average molecular weight is 374 g/mol. The van der Waals surface area contributed by atoms with Gasteiger partial charge in [0.2, 0.25) is 11.8 Å². The molecule has 0 spiro atoms. The van der Waals surface area contributed by atoms with Gasteiger partial charge in [0.1, 0.15) is 0 Å². The number of nitrogens with two attached hydrogens (primary N) is 1. The van der Waals surface area contributed by atoms with Crippen molar-refractivity contribution in [3.05, 3.63) is 59.7 Å². The Hall–Kier alpha value is -2.37. The van der Waals surface area contributed by atoms with Crippen LogP contribution in [0.25, 0.3) is 0 Å². The van der Waals surface area contributed by atoms with Crippen LogP contribution in [-0.4, -0.2) is 24.9 Å². The molecule has 26 heavy (non-hydrogen) atoms. The quantitative estimate of drug-likeness (QED) is 0.846. The van der Waals surface area contributed by atoms with Crippen LogP contribution >= 0.6 is 12.4 Å². The molecule has 2 amide bonds. The van der Waals surface area contributed by atoms with Gasteiger partial charge in [-0.15, -0.1) is 12.4 Å². The summed E-state index contributed by atoms with van der Waals surface area (Å²) in [4.78, 5) is 26.3. The number of amides is 2. The highest BCUT2D eigenvalue weighted by atomic mass is 35.5. The molecule has 0 fully saturated rings. The first-order valence-electron chi connectivity index (χ1n) is 8.56. The number of halogens is 1. The molecule has 1 unspecified atom stereocenters. The van der Waals surface area contributed by atoms with Crippen LogP contribution in [0.3, 0.4) is 0 Å². The monoisotopic (exact) mass is 373 g/mol. The van der Waals surface area contributed by atoms with E-state index in [2.05, 4.69) is 11.4 Å². The Labute approximate surface area is 160 Å². The molecule has 3 N–H and O–H groups in total. The summed E-state index contributed by atoms with van der Waals surface area (Å²) in [6.45, 7) is 2.84. The Kier molecular flexibility index (Phi) is 6.77. The number of anilines is 2. The van der Waals surface area contributed by atoms with Crippen LogP contribution in [0, 0.1) is 5.92 Å². The van der Waals surface area contributed by atoms with E-state index in [9.17, 15) is 9.59 Å². The van der Waals surface area contributed by atoms with Crippen LogP contribution in [-0.2, 0) is 22.4 Å². The van der Waals surface area contributed by atoms with Gasteiger partial charge in [0, 0.05) is 30.4 Å². The smallest absolute Gasteiger partial charge is 0.231 e. The maximum atomic E-state index is 12.6. The fraction of sp³-hybridized carbons (Fsp3) is 0.300. The minimum Gasteiger partial charge on any atom is -0.330 e. The Bertz CT molecular complexity index is 777. The number of carbonyl (C=O) groups excluding carboxylic acids is 2. The third-order valence-electron chi connectivity index (χ3n) is 4.57. The SMILES string of the molecule is CC(CN)C(=O)Nc1ccc(CC(=O)N2CCc3ccccc32)cc1.Cl.